The fraction of sp³-hybridized carbons (Fsp3) is 0.0714. The van der Waals surface area contributed by atoms with Crippen LogP contribution in [0.5, 0.6) is 5.75 Å². The average Bonchev–Trinajstić information content (AvgIpc) is 2.73. The van der Waals surface area contributed by atoms with Crippen molar-refractivity contribution in [2.75, 3.05) is 12.8 Å². The molecule has 19 heavy (non-hydrogen) atoms. The van der Waals surface area contributed by atoms with E-state index in [0.717, 1.165) is 26.9 Å². The molecule has 1 aromatic heterocycles. The Bertz CT molecular complexity index is 752. The molecule has 96 valence electrons. The smallest absolute Gasteiger partial charge is 0.205 e. The molecular formula is C14H12BrN3O. The van der Waals surface area contributed by atoms with Gasteiger partial charge in [0.15, 0.2) is 0 Å². The zero-order chi connectivity index (χ0) is 13.4. The van der Waals surface area contributed by atoms with Crippen molar-refractivity contribution in [3.63, 3.8) is 0 Å². The minimum Gasteiger partial charge on any atom is -0.497 e. The maximum atomic E-state index is 6.02. The van der Waals surface area contributed by atoms with Gasteiger partial charge >= 0.3 is 0 Å². The van der Waals surface area contributed by atoms with Gasteiger partial charge in [-0.2, -0.15) is 0 Å². The van der Waals surface area contributed by atoms with Gasteiger partial charge in [-0.25, -0.2) is 4.98 Å². The second-order valence-electron chi connectivity index (χ2n) is 4.14. The monoisotopic (exact) mass is 317 g/mol. The Morgan fingerprint density at radius 2 is 2.05 bits per heavy atom. The van der Waals surface area contributed by atoms with Crippen LogP contribution >= 0.6 is 15.9 Å². The lowest BCUT2D eigenvalue weighted by atomic mass is 10.2. The summed E-state index contributed by atoms with van der Waals surface area (Å²) in [7, 11) is 1.63. The van der Waals surface area contributed by atoms with Crippen LogP contribution in [0.4, 0.5) is 5.95 Å². The molecule has 0 aliphatic heterocycles. The molecule has 0 radical (unpaired) electrons. The number of rotatable bonds is 2. The maximum absolute atomic E-state index is 6.02. The van der Waals surface area contributed by atoms with Crippen LogP contribution in [0.2, 0.25) is 0 Å². The molecular weight excluding hydrogens is 306 g/mol. The van der Waals surface area contributed by atoms with Crippen LogP contribution in [0.25, 0.3) is 16.7 Å². The Morgan fingerprint density at radius 1 is 1.21 bits per heavy atom. The molecule has 0 saturated heterocycles. The van der Waals surface area contributed by atoms with Crippen molar-refractivity contribution in [3.05, 3.63) is 46.9 Å². The summed E-state index contributed by atoms with van der Waals surface area (Å²) in [6, 6.07) is 13.7. The maximum Gasteiger partial charge on any atom is 0.205 e. The summed E-state index contributed by atoms with van der Waals surface area (Å²) in [4.78, 5) is 4.37. The van der Waals surface area contributed by atoms with Crippen molar-refractivity contribution in [1.82, 2.24) is 9.55 Å². The second-order valence-corrected chi connectivity index (χ2v) is 5.06. The number of aromatic nitrogens is 2. The topological polar surface area (TPSA) is 53.1 Å². The molecule has 0 unspecified atom stereocenters. The molecule has 1 heterocycles. The van der Waals surface area contributed by atoms with E-state index in [4.69, 9.17) is 10.5 Å². The normalized spacial score (nSPS) is 10.8. The lowest BCUT2D eigenvalue weighted by Crippen LogP contribution is -2.00. The molecule has 5 heteroatoms. The number of imidazole rings is 1. The molecule has 0 fully saturated rings. The summed E-state index contributed by atoms with van der Waals surface area (Å²) in [6.07, 6.45) is 0. The predicted octanol–water partition coefficient (Wildman–Crippen LogP) is 3.38. The standard InChI is InChI=1S/C14H12BrN3O/c1-19-11-5-6-13-12(8-11)17-14(16)18(13)10-4-2-3-9(15)7-10/h2-8H,1H3,(H2,16,17). The van der Waals surface area contributed by atoms with Crippen LogP contribution in [0.3, 0.4) is 0 Å². The molecule has 3 aromatic rings. The number of nitrogen functional groups attached to an aromatic ring is 1. The first-order valence-electron chi connectivity index (χ1n) is 5.77. The highest BCUT2D eigenvalue weighted by atomic mass is 79.9. The minimum atomic E-state index is 0.460. The van der Waals surface area contributed by atoms with Gasteiger partial charge in [0.2, 0.25) is 5.95 Å². The van der Waals surface area contributed by atoms with Gasteiger partial charge in [0.1, 0.15) is 5.75 Å². The molecule has 0 spiro atoms. The van der Waals surface area contributed by atoms with Gasteiger partial charge < -0.3 is 10.5 Å². The van der Waals surface area contributed by atoms with Gasteiger partial charge in [-0.05, 0) is 30.3 Å². The summed E-state index contributed by atoms with van der Waals surface area (Å²) < 4.78 is 8.11. The fourth-order valence-electron chi connectivity index (χ4n) is 2.09. The molecule has 0 amide bonds. The van der Waals surface area contributed by atoms with E-state index in [1.165, 1.54) is 0 Å². The number of anilines is 1. The van der Waals surface area contributed by atoms with Crippen LogP contribution in [-0.2, 0) is 0 Å². The molecule has 0 aliphatic carbocycles. The Kier molecular flexibility index (Phi) is 2.91. The quantitative estimate of drug-likeness (QED) is 0.788. The summed E-state index contributed by atoms with van der Waals surface area (Å²) in [5.74, 6) is 1.23. The van der Waals surface area contributed by atoms with Gasteiger partial charge in [-0.15, -0.1) is 0 Å². The largest absolute Gasteiger partial charge is 0.497 e. The highest BCUT2D eigenvalue weighted by Crippen LogP contribution is 2.27. The molecule has 3 rings (SSSR count). The zero-order valence-corrected chi connectivity index (χ0v) is 11.9. The van der Waals surface area contributed by atoms with Crippen molar-refractivity contribution < 1.29 is 4.74 Å². The van der Waals surface area contributed by atoms with Crippen LogP contribution in [-0.4, -0.2) is 16.7 Å². The van der Waals surface area contributed by atoms with E-state index in [1.54, 1.807) is 7.11 Å². The lowest BCUT2D eigenvalue weighted by molar-refractivity contribution is 0.415. The lowest BCUT2D eigenvalue weighted by Gasteiger charge is -2.07. The van der Waals surface area contributed by atoms with Crippen LogP contribution in [0.15, 0.2) is 46.9 Å². The first kappa shape index (κ1) is 12.0. The summed E-state index contributed by atoms with van der Waals surface area (Å²) in [5.41, 5.74) is 8.77. The number of hydrogen-bond acceptors (Lipinski definition) is 3. The molecule has 0 bridgehead atoms. The van der Waals surface area contributed by atoms with Gasteiger partial charge in [-0.3, -0.25) is 4.57 Å². The van der Waals surface area contributed by atoms with Gasteiger partial charge in [-0.1, -0.05) is 22.0 Å². The fourth-order valence-corrected chi connectivity index (χ4v) is 2.48. The number of benzene rings is 2. The van der Waals surface area contributed by atoms with Crippen LogP contribution in [0, 0.1) is 0 Å². The number of methoxy groups -OCH3 is 1. The first-order valence-corrected chi connectivity index (χ1v) is 6.56. The molecule has 0 aliphatic rings. The van der Waals surface area contributed by atoms with E-state index in [-0.39, 0.29) is 0 Å². The third-order valence-corrected chi connectivity index (χ3v) is 3.45. The zero-order valence-electron chi connectivity index (χ0n) is 10.3. The SMILES string of the molecule is COc1ccc2c(c1)nc(N)n2-c1cccc(Br)c1. The Morgan fingerprint density at radius 3 is 2.79 bits per heavy atom. The molecule has 0 atom stereocenters. The summed E-state index contributed by atoms with van der Waals surface area (Å²) in [6.45, 7) is 0. The van der Waals surface area contributed by atoms with E-state index < -0.39 is 0 Å². The van der Waals surface area contributed by atoms with Crippen LogP contribution < -0.4 is 10.5 Å². The van der Waals surface area contributed by atoms with E-state index in [9.17, 15) is 0 Å². The van der Waals surface area contributed by atoms with Crippen molar-refractivity contribution in [2.45, 2.75) is 0 Å². The van der Waals surface area contributed by atoms with E-state index in [2.05, 4.69) is 20.9 Å². The number of nitrogens with two attached hydrogens (primary N) is 1. The van der Waals surface area contributed by atoms with Crippen molar-refractivity contribution in [2.24, 2.45) is 0 Å². The summed E-state index contributed by atoms with van der Waals surface area (Å²) in [5, 5.41) is 0. The predicted molar refractivity (Wildman–Crippen MR) is 79.7 cm³/mol. The highest BCUT2D eigenvalue weighted by Gasteiger charge is 2.10. The number of nitrogens with zero attached hydrogens (tertiary/aromatic N) is 2. The van der Waals surface area contributed by atoms with Crippen molar-refractivity contribution in [3.8, 4) is 11.4 Å². The Hall–Kier alpha value is -2.01. The molecule has 4 nitrogen and oxygen atoms in total. The average molecular weight is 318 g/mol. The number of halogens is 1. The Labute approximate surface area is 118 Å². The van der Waals surface area contributed by atoms with E-state index in [1.807, 2.05) is 47.0 Å². The third kappa shape index (κ3) is 2.06. The van der Waals surface area contributed by atoms with Crippen molar-refractivity contribution in [1.29, 1.82) is 0 Å². The minimum absolute atomic E-state index is 0.460. The second kappa shape index (κ2) is 4.59. The number of ether oxygens (including phenoxy) is 1. The number of fused-ring (bicyclic) bond motifs is 1. The third-order valence-electron chi connectivity index (χ3n) is 2.95. The van der Waals surface area contributed by atoms with Gasteiger partial charge in [0, 0.05) is 10.5 Å². The Balaban J connectivity index is 2.26. The molecule has 0 saturated carbocycles. The van der Waals surface area contributed by atoms with E-state index in [0.29, 0.717) is 5.95 Å². The van der Waals surface area contributed by atoms with Crippen molar-refractivity contribution >= 4 is 32.9 Å². The number of hydrogen-bond donors (Lipinski definition) is 1. The first-order chi connectivity index (χ1) is 9.19. The van der Waals surface area contributed by atoms with Gasteiger partial charge in [0.25, 0.3) is 0 Å². The van der Waals surface area contributed by atoms with Crippen LogP contribution in [0.1, 0.15) is 0 Å². The summed E-state index contributed by atoms with van der Waals surface area (Å²) >= 11 is 3.46. The highest BCUT2D eigenvalue weighted by molar-refractivity contribution is 9.10. The van der Waals surface area contributed by atoms with E-state index >= 15 is 0 Å². The van der Waals surface area contributed by atoms with Gasteiger partial charge in [0.05, 0.1) is 23.8 Å². The molecule has 2 N–H and O–H groups in total. The molecule has 2 aromatic carbocycles.